The smallest absolute Gasteiger partial charge is 0.0730 e. The number of piperidine rings is 1. The van der Waals surface area contributed by atoms with Crippen molar-refractivity contribution in [1.29, 1.82) is 0 Å². The van der Waals surface area contributed by atoms with Crippen LogP contribution in [0.2, 0.25) is 0 Å². The van der Waals surface area contributed by atoms with Gasteiger partial charge in [0.15, 0.2) is 0 Å². The van der Waals surface area contributed by atoms with Crippen LogP contribution in [-0.2, 0) is 6.54 Å². The molecule has 0 aliphatic carbocycles. The maximum absolute atomic E-state index is 5.89. The molecule has 1 aromatic rings. The fraction of sp³-hybridized carbons (Fsp3) is 0.636. The molecular formula is C11H18BrClN2S. The van der Waals surface area contributed by atoms with Gasteiger partial charge in [0.2, 0.25) is 0 Å². The summed E-state index contributed by atoms with van der Waals surface area (Å²) in [5.41, 5.74) is 7.24. The number of thiophene rings is 1. The Morgan fingerprint density at radius 3 is 2.62 bits per heavy atom. The number of hydrogen-bond donors (Lipinski definition) is 1. The molecule has 1 fully saturated rings. The van der Waals surface area contributed by atoms with Crippen molar-refractivity contribution in [2.24, 2.45) is 5.73 Å². The molecule has 0 amide bonds. The average molecular weight is 326 g/mol. The second-order valence-electron chi connectivity index (χ2n) is 4.28. The van der Waals surface area contributed by atoms with Crippen molar-refractivity contribution in [3.8, 4) is 0 Å². The van der Waals surface area contributed by atoms with Crippen LogP contribution < -0.4 is 5.73 Å². The molecule has 1 aliphatic heterocycles. The van der Waals surface area contributed by atoms with Gasteiger partial charge in [-0.25, -0.2) is 0 Å². The highest BCUT2D eigenvalue weighted by Gasteiger charge is 2.16. The Kier molecular flexibility index (Phi) is 5.74. The largest absolute Gasteiger partial charge is 0.328 e. The lowest BCUT2D eigenvalue weighted by molar-refractivity contribution is 0.207. The van der Waals surface area contributed by atoms with E-state index in [4.69, 9.17) is 5.73 Å². The van der Waals surface area contributed by atoms with Gasteiger partial charge >= 0.3 is 0 Å². The van der Waals surface area contributed by atoms with Gasteiger partial charge in [0.05, 0.1) is 3.79 Å². The Hall–Kier alpha value is 0.390. The van der Waals surface area contributed by atoms with E-state index in [1.54, 1.807) is 0 Å². The van der Waals surface area contributed by atoms with Gasteiger partial charge in [0.1, 0.15) is 0 Å². The standard InChI is InChI=1S/C11H17BrN2S.ClH/c1-8-6-10(15-11(8)12)7-14-4-2-9(13)3-5-14;/h6,9H,2-5,7,13H2,1H3;1H. The highest BCUT2D eigenvalue weighted by molar-refractivity contribution is 9.11. The number of halogens is 2. The lowest BCUT2D eigenvalue weighted by Crippen LogP contribution is -2.39. The predicted octanol–water partition coefficient (Wildman–Crippen LogP) is 3.16. The molecule has 2 N–H and O–H groups in total. The van der Waals surface area contributed by atoms with E-state index >= 15 is 0 Å². The zero-order valence-electron chi connectivity index (χ0n) is 9.41. The van der Waals surface area contributed by atoms with Crippen LogP contribution in [0.25, 0.3) is 0 Å². The van der Waals surface area contributed by atoms with Gasteiger partial charge in [-0.05, 0) is 60.4 Å². The molecule has 5 heteroatoms. The second-order valence-corrected chi connectivity index (χ2v) is 6.74. The molecule has 0 unspecified atom stereocenters. The maximum Gasteiger partial charge on any atom is 0.0730 e. The van der Waals surface area contributed by atoms with Crippen LogP contribution in [0.5, 0.6) is 0 Å². The molecule has 16 heavy (non-hydrogen) atoms. The topological polar surface area (TPSA) is 29.3 Å². The lowest BCUT2D eigenvalue weighted by atomic mass is 10.1. The zero-order chi connectivity index (χ0) is 10.8. The van der Waals surface area contributed by atoms with Crippen LogP contribution in [0.3, 0.4) is 0 Å². The van der Waals surface area contributed by atoms with Crippen molar-refractivity contribution < 1.29 is 0 Å². The van der Waals surface area contributed by atoms with Gasteiger partial charge in [-0.15, -0.1) is 23.7 Å². The molecule has 0 atom stereocenters. The Balaban J connectivity index is 0.00000128. The van der Waals surface area contributed by atoms with Gasteiger partial charge in [-0.2, -0.15) is 0 Å². The number of nitrogens with two attached hydrogens (primary N) is 1. The fourth-order valence-corrected chi connectivity index (χ4v) is 3.60. The second kappa shape index (κ2) is 6.36. The molecule has 2 heterocycles. The van der Waals surface area contributed by atoms with Crippen molar-refractivity contribution in [2.45, 2.75) is 32.4 Å². The predicted molar refractivity (Wildman–Crippen MR) is 76.5 cm³/mol. The zero-order valence-corrected chi connectivity index (χ0v) is 12.6. The molecule has 2 nitrogen and oxygen atoms in total. The minimum absolute atomic E-state index is 0. The monoisotopic (exact) mass is 324 g/mol. The molecule has 0 bridgehead atoms. The molecule has 0 saturated carbocycles. The van der Waals surface area contributed by atoms with E-state index in [1.165, 1.54) is 14.2 Å². The summed E-state index contributed by atoms with van der Waals surface area (Å²) in [6.07, 6.45) is 2.29. The molecule has 0 aromatic carbocycles. The van der Waals surface area contributed by atoms with Gasteiger partial charge in [0, 0.05) is 17.5 Å². The summed E-state index contributed by atoms with van der Waals surface area (Å²) < 4.78 is 1.27. The Morgan fingerprint density at radius 2 is 2.12 bits per heavy atom. The number of nitrogens with zero attached hydrogens (tertiary/aromatic N) is 1. The van der Waals surface area contributed by atoms with Crippen molar-refractivity contribution in [1.82, 2.24) is 4.90 Å². The first-order valence-electron chi connectivity index (χ1n) is 5.38. The van der Waals surface area contributed by atoms with Gasteiger partial charge in [0.25, 0.3) is 0 Å². The summed E-state index contributed by atoms with van der Waals surface area (Å²) in [5, 5.41) is 0. The van der Waals surface area contributed by atoms with Crippen LogP contribution in [0.4, 0.5) is 0 Å². The quantitative estimate of drug-likeness (QED) is 0.905. The Morgan fingerprint density at radius 1 is 1.50 bits per heavy atom. The van der Waals surface area contributed by atoms with Gasteiger partial charge in [-0.1, -0.05) is 0 Å². The minimum atomic E-state index is 0. The molecule has 0 spiro atoms. The van der Waals surface area contributed by atoms with Crippen LogP contribution in [0, 0.1) is 6.92 Å². The van der Waals surface area contributed by atoms with E-state index in [-0.39, 0.29) is 12.4 Å². The van der Waals surface area contributed by atoms with E-state index < -0.39 is 0 Å². The van der Waals surface area contributed by atoms with Crippen molar-refractivity contribution in [3.63, 3.8) is 0 Å². The summed E-state index contributed by atoms with van der Waals surface area (Å²) in [4.78, 5) is 3.95. The van der Waals surface area contributed by atoms with E-state index in [0.29, 0.717) is 6.04 Å². The molecule has 1 saturated heterocycles. The van der Waals surface area contributed by atoms with Crippen molar-refractivity contribution in [2.75, 3.05) is 13.1 Å². The number of hydrogen-bond acceptors (Lipinski definition) is 3. The number of aryl methyl sites for hydroxylation is 1. The van der Waals surface area contributed by atoms with Crippen LogP contribution in [0.15, 0.2) is 9.85 Å². The van der Waals surface area contributed by atoms with Crippen molar-refractivity contribution in [3.05, 3.63) is 20.3 Å². The molecule has 2 rings (SSSR count). The fourth-order valence-electron chi connectivity index (χ4n) is 1.93. The summed E-state index contributed by atoms with van der Waals surface area (Å²) >= 11 is 5.42. The number of rotatable bonds is 2. The minimum Gasteiger partial charge on any atom is -0.328 e. The third kappa shape index (κ3) is 3.70. The summed E-state index contributed by atoms with van der Waals surface area (Å²) in [7, 11) is 0. The van der Waals surface area contributed by atoms with E-state index in [9.17, 15) is 0 Å². The van der Waals surface area contributed by atoms with Crippen LogP contribution in [-0.4, -0.2) is 24.0 Å². The van der Waals surface area contributed by atoms with Crippen LogP contribution >= 0.6 is 39.7 Å². The van der Waals surface area contributed by atoms with E-state index in [2.05, 4.69) is 33.8 Å². The first-order valence-corrected chi connectivity index (χ1v) is 6.99. The highest BCUT2D eigenvalue weighted by atomic mass is 79.9. The number of likely N-dealkylation sites (tertiary alicyclic amines) is 1. The highest BCUT2D eigenvalue weighted by Crippen LogP contribution is 2.28. The third-order valence-electron chi connectivity index (χ3n) is 2.92. The van der Waals surface area contributed by atoms with Crippen molar-refractivity contribution >= 4 is 39.7 Å². The summed E-state index contributed by atoms with van der Waals surface area (Å²) in [6, 6.07) is 2.71. The van der Waals surface area contributed by atoms with E-state index in [1.807, 2.05) is 11.3 Å². The average Bonchev–Trinajstić information content (AvgIpc) is 2.50. The lowest BCUT2D eigenvalue weighted by Gasteiger charge is -2.29. The first kappa shape index (κ1) is 14.5. The SMILES string of the molecule is Cc1cc(CN2CCC(N)CC2)sc1Br.Cl. The summed E-state index contributed by atoms with van der Waals surface area (Å²) in [5.74, 6) is 0. The first-order chi connectivity index (χ1) is 7.15. The maximum atomic E-state index is 5.89. The summed E-state index contributed by atoms with van der Waals surface area (Å²) in [6.45, 7) is 5.53. The Labute approximate surface area is 116 Å². The van der Waals surface area contributed by atoms with Gasteiger partial charge < -0.3 is 5.73 Å². The molecular weight excluding hydrogens is 308 g/mol. The van der Waals surface area contributed by atoms with Crippen LogP contribution in [0.1, 0.15) is 23.3 Å². The third-order valence-corrected chi connectivity index (χ3v) is 5.04. The molecule has 0 radical (unpaired) electrons. The molecule has 1 aliphatic rings. The molecule has 1 aromatic heterocycles. The Bertz CT molecular complexity index is 315. The van der Waals surface area contributed by atoms with E-state index in [0.717, 1.165) is 32.5 Å². The van der Waals surface area contributed by atoms with Gasteiger partial charge in [-0.3, -0.25) is 4.90 Å². The normalized spacial score (nSPS) is 18.4. The molecule has 92 valence electrons.